The zero-order valence-corrected chi connectivity index (χ0v) is 15.3. The molecule has 1 aromatic rings. The smallest absolute Gasteiger partial charge is 0.290 e. The van der Waals surface area contributed by atoms with Crippen LogP contribution in [0.25, 0.3) is 0 Å². The van der Waals surface area contributed by atoms with Crippen molar-refractivity contribution in [2.75, 3.05) is 26.4 Å². The molecule has 6 nitrogen and oxygen atoms in total. The lowest BCUT2D eigenvalue weighted by atomic mass is 9.87. The van der Waals surface area contributed by atoms with Crippen molar-refractivity contribution in [2.24, 2.45) is 0 Å². The van der Waals surface area contributed by atoms with E-state index in [4.69, 9.17) is 14.2 Å². The van der Waals surface area contributed by atoms with Crippen LogP contribution in [0.2, 0.25) is 0 Å². The summed E-state index contributed by atoms with van der Waals surface area (Å²) in [6.45, 7) is 9.05. The van der Waals surface area contributed by atoms with E-state index in [1.807, 2.05) is 24.3 Å². The van der Waals surface area contributed by atoms with E-state index in [2.05, 4.69) is 26.1 Å². The number of nitrogens with one attached hydrogen (secondary N) is 1. The molecule has 0 saturated heterocycles. The Bertz CT molecular complexity index is 616. The Morgan fingerprint density at radius 1 is 1.24 bits per heavy atom. The zero-order chi connectivity index (χ0) is 18.4. The van der Waals surface area contributed by atoms with Gasteiger partial charge in [0.1, 0.15) is 37.4 Å². The van der Waals surface area contributed by atoms with Crippen LogP contribution in [0, 0.1) is 0 Å². The number of carbonyl (C=O) groups is 1. The second-order valence-corrected chi connectivity index (χ2v) is 7.03. The summed E-state index contributed by atoms with van der Waals surface area (Å²) in [5.74, 6) is 0.900. The first kappa shape index (κ1) is 19.1. The van der Waals surface area contributed by atoms with E-state index < -0.39 is 12.0 Å². The number of aliphatic hydroxyl groups excluding tert-OH is 1. The summed E-state index contributed by atoms with van der Waals surface area (Å²) in [7, 11) is 0. The largest absolute Gasteiger partial charge is 0.491 e. The number of benzene rings is 1. The van der Waals surface area contributed by atoms with Gasteiger partial charge in [0.05, 0.1) is 0 Å². The van der Waals surface area contributed by atoms with E-state index >= 15 is 0 Å². The van der Waals surface area contributed by atoms with Crippen molar-refractivity contribution in [3.63, 3.8) is 0 Å². The molecule has 138 valence electrons. The number of amides is 1. The van der Waals surface area contributed by atoms with Crippen LogP contribution in [0.5, 0.6) is 5.75 Å². The summed E-state index contributed by atoms with van der Waals surface area (Å²) >= 11 is 0. The third kappa shape index (κ3) is 5.67. The second-order valence-electron chi connectivity index (χ2n) is 7.03. The Labute approximate surface area is 148 Å². The molecule has 0 aromatic heterocycles. The molecular weight excluding hydrogens is 322 g/mol. The number of carbonyl (C=O) groups excluding carboxylic acids is 1. The lowest BCUT2D eigenvalue weighted by molar-refractivity contribution is -0.123. The molecule has 0 radical (unpaired) electrons. The highest BCUT2D eigenvalue weighted by atomic mass is 16.6. The Morgan fingerprint density at radius 2 is 1.88 bits per heavy atom. The van der Waals surface area contributed by atoms with E-state index in [0.717, 1.165) is 0 Å². The first-order chi connectivity index (χ1) is 11.8. The standard InChI is InChI=1S/C19H27NO5/c1-13-17(24-10-9-23-13)18(22)20-11-15(21)12-25-16-7-5-14(6-8-16)19(2,3)4/h5-8,15,21H,9-12H2,1-4H3,(H,20,22). The van der Waals surface area contributed by atoms with Crippen molar-refractivity contribution in [1.82, 2.24) is 5.32 Å². The molecule has 1 aromatic carbocycles. The molecule has 0 fully saturated rings. The van der Waals surface area contributed by atoms with Crippen LogP contribution in [0.15, 0.2) is 35.8 Å². The summed E-state index contributed by atoms with van der Waals surface area (Å²) in [5.41, 5.74) is 1.30. The van der Waals surface area contributed by atoms with Crippen molar-refractivity contribution in [2.45, 2.75) is 39.2 Å². The summed E-state index contributed by atoms with van der Waals surface area (Å²) in [6.07, 6.45) is -0.823. The first-order valence-electron chi connectivity index (χ1n) is 8.43. The fourth-order valence-corrected chi connectivity index (χ4v) is 2.32. The van der Waals surface area contributed by atoms with Gasteiger partial charge in [0, 0.05) is 6.54 Å². The molecule has 1 atom stereocenters. The third-order valence-electron chi connectivity index (χ3n) is 3.84. The predicted molar refractivity (Wildman–Crippen MR) is 94.3 cm³/mol. The van der Waals surface area contributed by atoms with Crippen molar-refractivity contribution >= 4 is 5.91 Å². The highest BCUT2D eigenvalue weighted by Crippen LogP contribution is 2.24. The van der Waals surface area contributed by atoms with Gasteiger partial charge in [-0.3, -0.25) is 4.79 Å². The van der Waals surface area contributed by atoms with E-state index in [1.54, 1.807) is 6.92 Å². The molecule has 2 N–H and O–H groups in total. The van der Waals surface area contributed by atoms with Crippen LogP contribution in [0.3, 0.4) is 0 Å². The number of ether oxygens (including phenoxy) is 3. The number of rotatable bonds is 6. The Balaban J connectivity index is 1.77. The predicted octanol–water partition coefficient (Wildman–Crippen LogP) is 2.12. The van der Waals surface area contributed by atoms with Crippen LogP contribution < -0.4 is 10.1 Å². The molecule has 0 aliphatic carbocycles. The van der Waals surface area contributed by atoms with Crippen LogP contribution in [0.4, 0.5) is 0 Å². The van der Waals surface area contributed by atoms with Gasteiger partial charge in [-0.15, -0.1) is 0 Å². The van der Waals surface area contributed by atoms with Gasteiger partial charge >= 0.3 is 0 Å². The quantitative estimate of drug-likeness (QED) is 0.823. The van der Waals surface area contributed by atoms with Crippen LogP contribution in [-0.4, -0.2) is 43.5 Å². The molecule has 0 spiro atoms. The van der Waals surface area contributed by atoms with Crippen molar-refractivity contribution < 1.29 is 24.1 Å². The minimum Gasteiger partial charge on any atom is -0.491 e. The molecule has 6 heteroatoms. The maximum atomic E-state index is 12.0. The Kier molecular flexibility index (Phi) is 6.31. The van der Waals surface area contributed by atoms with Gasteiger partial charge in [-0.25, -0.2) is 0 Å². The van der Waals surface area contributed by atoms with E-state index in [9.17, 15) is 9.90 Å². The lowest BCUT2D eigenvalue weighted by Crippen LogP contribution is -2.37. The van der Waals surface area contributed by atoms with Crippen LogP contribution in [-0.2, 0) is 19.7 Å². The highest BCUT2D eigenvalue weighted by molar-refractivity contribution is 5.91. The number of hydrogen-bond acceptors (Lipinski definition) is 5. The minimum atomic E-state index is -0.823. The molecule has 2 rings (SSSR count). The number of aliphatic hydroxyl groups is 1. The summed E-state index contributed by atoms with van der Waals surface area (Å²) < 4.78 is 16.1. The number of hydrogen-bond donors (Lipinski definition) is 2. The van der Waals surface area contributed by atoms with Gasteiger partial charge in [0.25, 0.3) is 5.91 Å². The van der Waals surface area contributed by atoms with Gasteiger partial charge in [-0.1, -0.05) is 32.9 Å². The average Bonchev–Trinajstić information content (AvgIpc) is 2.58. The Hall–Kier alpha value is -2.21. The summed E-state index contributed by atoms with van der Waals surface area (Å²) in [6, 6.07) is 7.79. The van der Waals surface area contributed by atoms with Gasteiger partial charge in [-0.2, -0.15) is 0 Å². The molecule has 0 bridgehead atoms. The molecule has 1 heterocycles. The van der Waals surface area contributed by atoms with Gasteiger partial charge < -0.3 is 24.6 Å². The monoisotopic (exact) mass is 349 g/mol. The van der Waals surface area contributed by atoms with Crippen molar-refractivity contribution in [3.8, 4) is 5.75 Å². The van der Waals surface area contributed by atoms with Crippen LogP contribution in [0.1, 0.15) is 33.3 Å². The molecule has 1 aliphatic heterocycles. The molecule has 1 amide bonds. The van der Waals surface area contributed by atoms with Gasteiger partial charge in [0.15, 0.2) is 0 Å². The number of allylic oxidation sites excluding steroid dienone is 1. The fraction of sp³-hybridized carbons (Fsp3) is 0.526. The topological polar surface area (TPSA) is 77.0 Å². The average molecular weight is 349 g/mol. The maximum absolute atomic E-state index is 12.0. The Morgan fingerprint density at radius 3 is 2.48 bits per heavy atom. The highest BCUT2D eigenvalue weighted by Gasteiger charge is 2.20. The first-order valence-corrected chi connectivity index (χ1v) is 8.43. The fourth-order valence-electron chi connectivity index (χ4n) is 2.32. The van der Waals surface area contributed by atoms with E-state index in [0.29, 0.717) is 24.7 Å². The second kappa shape index (κ2) is 8.25. The molecule has 25 heavy (non-hydrogen) atoms. The lowest BCUT2D eigenvalue weighted by Gasteiger charge is -2.20. The zero-order valence-electron chi connectivity index (χ0n) is 15.3. The molecule has 1 aliphatic rings. The molecular formula is C19H27NO5. The van der Waals surface area contributed by atoms with Crippen molar-refractivity contribution in [1.29, 1.82) is 0 Å². The van der Waals surface area contributed by atoms with E-state index in [-0.39, 0.29) is 24.3 Å². The SMILES string of the molecule is CC1=C(C(=O)NCC(O)COc2ccc(C(C)(C)C)cc2)OCCO1. The third-order valence-corrected chi connectivity index (χ3v) is 3.84. The van der Waals surface area contributed by atoms with Crippen LogP contribution >= 0.6 is 0 Å². The van der Waals surface area contributed by atoms with Crippen molar-refractivity contribution in [3.05, 3.63) is 41.3 Å². The summed E-state index contributed by atoms with van der Waals surface area (Å²) in [5, 5.41) is 12.6. The minimum absolute atomic E-state index is 0.0685. The van der Waals surface area contributed by atoms with Gasteiger partial charge in [-0.05, 0) is 30.0 Å². The normalized spacial score (nSPS) is 15.9. The molecule has 0 saturated carbocycles. The molecule has 1 unspecified atom stereocenters. The maximum Gasteiger partial charge on any atom is 0.290 e. The van der Waals surface area contributed by atoms with E-state index in [1.165, 1.54) is 5.56 Å². The van der Waals surface area contributed by atoms with Gasteiger partial charge in [0.2, 0.25) is 5.76 Å². The summed E-state index contributed by atoms with van der Waals surface area (Å²) in [4.78, 5) is 12.0.